The predicted molar refractivity (Wildman–Crippen MR) is 239 cm³/mol. The van der Waals surface area contributed by atoms with Crippen molar-refractivity contribution in [2.24, 2.45) is 0 Å². The SMILES string of the molecule is Clc1cccc(Cl)c1-c1c2nc(c(-c3c(Cl)cccc3Cl)c3ccc([n-]3)c(-c3c(Cl)cccc3Cl)c3nc(c(-c4c(Cl)cccc4Cl)c4ccc1[n-]4)C=C3)C=C2.[Co+2]. The largest absolute Gasteiger partial charge is 2.00 e. The fraction of sp³-hybridized carbons (Fsp3) is 0. The Morgan fingerprint density at radius 3 is 0.667 bits per heavy atom. The van der Waals surface area contributed by atoms with Gasteiger partial charge in [0.15, 0.2) is 0 Å². The van der Waals surface area contributed by atoms with Crippen LogP contribution in [0.25, 0.3) is 90.9 Å². The molecule has 7 aromatic rings. The summed E-state index contributed by atoms with van der Waals surface area (Å²) < 4.78 is 0. The van der Waals surface area contributed by atoms with Crippen molar-refractivity contribution in [3.63, 3.8) is 0 Å². The quantitative estimate of drug-likeness (QED) is 0.176. The van der Waals surface area contributed by atoms with Crippen molar-refractivity contribution < 1.29 is 16.8 Å². The van der Waals surface area contributed by atoms with Crippen LogP contribution in [0.4, 0.5) is 0 Å². The Morgan fingerprint density at radius 2 is 0.474 bits per heavy atom. The van der Waals surface area contributed by atoms with Crippen molar-refractivity contribution in [3.05, 3.63) is 160 Å². The molecule has 3 aromatic heterocycles. The summed E-state index contributed by atoms with van der Waals surface area (Å²) in [6.45, 7) is 0. The van der Waals surface area contributed by atoms with Crippen LogP contribution in [0.5, 0.6) is 0 Å². The summed E-state index contributed by atoms with van der Waals surface area (Å²) in [5.41, 5.74) is 8.93. The fourth-order valence-electron chi connectivity index (χ4n) is 7.06. The van der Waals surface area contributed by atoms with E-state index >= 15 is 0 Å². The standard InChI is InChI=1S/C44H20Cl8N4.Co/c45-21-5-1-6-22(46)37(21)41-29-13-15-31(53-29)42(38-23(47)7-2-8-24(38)48)33-17-19-35(55-33)44(40-27(51)11-4-12-28(40)52)36-20-18-34(56-36)43(32-16-14-30(41)54-32)39-25(49)9-3-10-26(39)50;/h1-20H;/q-2;+2. The number of fused-ring (bicyclic) bond motifs is 8. The molecule has 9 rings (SSSR count). The minimum Gasteiger partial charge on any atom is -0.657 e. The van der Waals surface area contributed by atoms with Gasteiger partial charge in [-0.05, 0) is 95.1 Å². The number of aromatic nitrogens is 4. The third-order valence-corrected chi connectivity index (χ3v) is 12.0. The van der Waals surface area contributed by atoms with Gasteiger partial charge < -0.3 is 9.97 Å². The van der Waals surface area contributed by atoms with E-state index in [1.807, 2.05) is 48.6 Å². The molecule has 0 amide bonds. The first-order chi connectivity index (χ1) is 27.1. The maximum atomic E-state index is 6.93. The molecule has 57 heavy (non-hydrogen) atoms. The number of nitrogens with zero attached hydrogens (tertiary/aromatic N) is 4. The van der Waals surface area contributed by atoms with Gasteiger partial charge in [-0.15, -0.1) is 22.1 Å². The molecule has 281 valence electrons. The number of hydrogen-bond acceptors (Lipinski definition) is 2. The smallest absolute Gasteiger partial charge is 0.657 e. The van der Waals surface area contributed by atoms with Crippen molar-refractivity contribution in [3.8, 4) is 44.5 Å². The zero-order valence-corrected chi connectivity index (χ0v) is 35.8. The maximum absolute atomic E-state index is 6.93. The maximum Gasteiger partial charge on any atom is 2.00 e. The van der Waals surface area contributed by atoms with Gasteiger partial charge in [0.05, 0.1) is 22.8 Å². The molecular weight excluding hydrogens is 927 g/mol. The molecule has 2 aliphatic rings. The van der Waals surface area contributed by atoms with Crippen LogP contribution in [0, 0.1) is 0 Å². The molecule has 0 N–H and O–H groups in total. The third-order valence-electron chi connectivity index (χ3n) is 9.46. The van der Waals surface area contributed by atoms with Crippen molar-refractivity contribution in [1.29, 1.82) is 0 Å². The molecule has 5 heterocycles. The van der Waals surface area contributed by atoms with E-state index in [1.54, 1.807) is 72.8 Å². The summed E-state index contributed by atoms with van der Waals surface area (Å²) in [6, 6.07) is 28.8. The molecule has 1 radical (unpaired) electrons. The van der Waals surface area contributed by atoms with Crippen LogP contribution in [0.15, 0.2) is 97.1 Å². The molecule has 0 atom stereocenters. The molecule has 0 spiro atoms. The zero-order chi connectivity index (χ0) is 38.8. The van der Waals surface area contributed by atoms with Gasteiger partial charge in [-0.3, -0.25) is 0 Å². The van der Waals surface area contributed by atoms with E-state index < -0.39 is 0 Å². The van der Waals surface area contributed by atoms with Gasteiger partial charge in [-0.25, -0.2) is 9.97 Å². The minimum absolute atomic E-state index is 0. The van der Waals surface area contributed by atoms with Gasteiger partial charge in [0, 0.05) is 62.4 Å². The first kappa shape index (κ1) is 40.1. The van der Waals surface area contributed by atoms with Crippen LogP contribution in [-0.4, -0.2) is 9.97 Å². The van der Waals surface area contributed by atoms with Crippen LogP contribution in [-0.2, 0) is 16.8 Å². The Morgan fingerprint density at radius 1 is 0.281 bits per heavy atom. The number of rotatable bonds is 4. The second-order valence-corrected chi connectivity index (χ2v) is 16.0. The molecule has 4 nitrogen and oxygen atoms in total. The van der Waals surface area contributed by atoms with E-state index in [9.17, 15) is 0 Å². The summed E-state index contributed by atoms with van der Waals surface area (Å²) >= 11 is 55.4. The van der Waals surface area contributed by atoms with E-state index in [0.717, 1.165) is 0 Å². The Kier molecular flexibility index (Phi) is 11.4. The first-order valence-electron chi connectivity index (χ1n) is 16.9. The molecule has 0 aliphatic carbocycles. The number of halogens is 8. The third kappa shape index (κ3) is 7.12. The summed E-state index contributed by atoms with van der Waals surface area (Å²) in [5, 5.41) is 3.32. The van der Waals surface area contributed by atoms with E-state index in [1.165, 1.54) is 0 Å². The Bertz CT molecular complexity index is 2560. The van der Waals surface area contributed by atoms with Crippen LogP contribution >= 0.6 is 92.8 Å². The van der Waals surface area contributed by atoms with Crippen molar-refractivity contribution >= 4 is 139 Å². The summed E-state index contributed by atoms with van der Waals surface area (Å²) in [5.74, 6) is 0. The van der Waals surface area contributed by atoms with Crippen molar-refractivity contribution in [1.82, 2.24) is 19.9 Å². The normalized spacial score (nSPS) is 11.9. The number of hydrogen-bond donors (Lipinski definition) is 0. The van der Waals surface area contributed by atoms with Gasteiger partial charge in [0.25, 0.3) is 0 Å². The van der Waals surface area contributed by atoms with Crippen molar-refractivity contribution in [2.45, 2.75) is 0 Å². The second-order valence-electron chi connectivity index (χ2n) is 12.7. The second kappa shape index (κ2) is 16.2. The fourth-order valence-corrected chi connectivity index (χ4v) is 9.40. The van der Waals surface area contributed by atoms with Crippen LogP contribution < -0.4 is 9.97 Å². The van der Waals surface area contributed by atoms with Gasteiger partial charge in [-0.1, -0.05) is 141 Å². The van der Waals surface area contributed by atoms with E-state index in [-0.39, 0.29) is 16.8 Å². The van der Waals surface area contributed by atoms with Crippen LogP contribution in [0.1, 0.15) is 22.8 Å². The molecule has 0 saturated carbocycles. The summed E-state index contributed by atoms with van der Waals surface area (Å²) in [7, 11) is 0. The Hall–Kier alpha value is -3.69. The van der Waals surface area contributed by atoms with Gasteiger partial charge in [0.2, 0.25) is 0 Å². The summed E-state index contributed by atoms with van der Waals surface area (Å²) in [4.78, 5) is 20.8. The molecule has 0 saturated heterocycles. The van der Waals surface area contributed by atoms with Gasteiger partial charge >= 0.3 is 16.8 Å². The molecular formula is C44H20Cl8CoN4. The molecule has 0 fully saturated rings. The topological polar surface area (TPSA) is 54.0 Å². The molecule has 2 aliphatic heterocycles. The van der Waals surface area contributed by atoms with Crippen LogP contribution in [0.3, 0.4) is 0 Å². The zero-order valence-electron chi connectivity index (χ0n) is 28.7. The van der Waals surface area contributed by atoms with Crippen LogP contribution in [0.2, 0.25) is 40.2 Å². The van der Waals surface area contributed by atoms with E-state index in [0.29, 0.717) is 130 Å². The molecule has 8 bridgehead atoms. The molecule has 0 unspecified atom stereocenters. The average molecular weight is 947 g/mol. The summed E-state index contributed by atoms with van der Waals surface area (Å²) in [6.07, 6.45) is 7.53. The monoisotopic (exact) mass is 943 g/mol. The Balaban J connectivity index is 0.00000455. The average Bonchev–Trinajstić information content (AvgIpc) is 4.00. The molecule has 4 aromatic carbocycles. The minimum atomic E-state index is 0. The van der Waals surface area contributed by atoms with Gasteiger partial charge in [-0.2, -0.15) is 0 Å². The Labute approximate surface area is 377 Å². The van der Waals surface area contributed by atoms with E-state index in [4.69, 9.17) is 113 Å². The van der Waals surface area contributed by atoms with Gasteiger partial charge in [0.1, 0.15) is 0 Å². The van der Waals surface area contributed by atoms with E-state index in [2.05, 4.69) is 0 Å². The van der Waals surface area contributed by atoms with Crippen molar-refractivity contribution in [2.75, 3.05) is 0 Å². The molecule has 13 heteroatoms. The first-order valence-corrected chi connectivity index (χ1v) is 19.9. The predicted octanol–water partition coefficient (Wildman–Crippen LogP) is 15.8. The number of benzene rings is 4.